The number of ether oxygens (including phenoxy) is 1. The standard InChI is InChI=1S/C11H13N3OS/c1-15-8-5-7(6-8)14-10-9(13-11(14)16)3-2-4-12-10/h2-4,7-8H,5-6H2,1H3,(H,13,16). The first-order chi connectivity index (χ1) is 7.79. The third kappa shape index (κ3) is 1.39. The van der Waals surface area contributed by atoms with E-state index in [4.69, 9.17) is 17.0 Å². The Morgan fingerprint density at radius 3 is 3.12 bits per heavy atom. The van der Waals surface area contributed by atoms with Gasteiger partial charge in [0, 0.05) is 19.3 Å². The molecule has 0 bridgehead atoms. The fourth-order valence-corrected chi connectivity index (χ4v) is 2.58. The highest BCUT2D eigenvalue weighted by atomic mass is 32.1. The van der Waals surface area contributed by atoms with Crippen molar-refractivity contribution in [1.82, 2.24) is 14.5 Å². The van der Waals surface area contributed by atoms with Crippen molar-refractivity contribution in [3.05, 3.63) is 23.1 Å². The van der Waals surface area contributed by atoms with E-state index in [1.807, 2.05) is 12.1 Å². The van der Waals surface area contributed by atoms with Crippen LogP contribution >= 0.6 is 12.2 Å². The summed E-state index contributed by atoms with van der Waals surface area (Å²) in [5.41, 5.74) is 1.96. The Bertz CT molecular complexity index is 568. The summed E-state index contributed by atoms with van der Waals surface area (Å²) in [4.78, 5) is 7.56. The number of pyridine rings is 1. The van der Waals surface area contributed by atoms with Crippen LogP contribution in [-0.2, 0) is 4.74 Å². The number of imidazole rings is 1. The van der Waals surface area contributed by atoms with E-state index in [1.165, 1.54) is 0 Å². The third-order valence-corrected chi connectivity index (χ3v) is 3.54. The van der Waals surface area contributed by atoms with Crippen molar-refractivity contribution in [1.29, 1.82) is 0 Å². The summed E-state index contributed by atoms with van der Waals surface area (Å²) in [6.45, 7) is 0. The van der Waals surface area contributed by atoms with Gasteiger partial charge in [-0.15, -0.1) is 0 Å². The molecule has 1 fully saturated rings. The molecule has 2 aromatic rings. The maximum atomic E-state index is 5.33. The van der Waals surface area contributed by atoms with Crippen LogP contribution in [0.4, 0.5) is 0 Å². The van der Waals surface area contributed by atoms with Crippen molar-refractivity contribution in [2.75, 3.05) is 7.11 Å². The van der Waals surface area contributed by atoms with E-state index < -0.39 is 0 Å². The smallest absolute Gasteiger partial charge is 0.179 e. The van der Waals surface area contributed by atoms with Crippen LogP contribution in [0.3, 0.4) is 0 Å². The van der Waals surface area contributed by atoms with Gasteiger partial charge in [0.05, 0.1) is 11.6 Å². The Labute approximate surface area is 98.3 Å². The van der Waals surface area contributed by atoms with Crippen LogP contribution in [0.1, 0.15) is 18.9 Å². The van der Waals surface area contributed by atoms with Crippen LogP contribution in [0.2, 0.25) is 0 Å². The molecule has 2 heterocycles. The largest absolute Gasteiger partial charge is 0.381 e. The zero-order chi connectivity index (χ0) is 11.1. The number of methoxy groups -OCH3 is 1. The van der Waals surface area contributed by atoms with Crippen molar-refractivity contribution in [3.63, 3.8) is 0 Å². The molecule has 1 aliphatic carbocycles. The Morgan fingerprint density at radius 1 is 1.56 bits per heavy atom. The van der Waals surface area contributed by atoms with E-state index >= 15 is 0 Å². The molecule has 0 spiro atoms. The Kier molecular flexibility index (Phi) is 2.29. The molecule has 0 radical (unpaired) electrons. The quantitative estimate of drug-likeness (QED) is 0.813. The van der Waals surface area contributed by atoms with E-state index in [9.17, 15) is 0 Å². The van der Waals surface area contributed by atoms with Gasteiger partial charge in [0.1, 0.15) is 0 Å². The highest BCUT2D eigenvalue weighted by molar-refractivity contribution is 7.71. The average molecular weight is 235 g/mol. The summed E-state index contributed by atoms with van der Waals surface area (Å²) in [7, 11) is 1.76. The van der Waals surface area contributed by atoms with Gasteiger partial charge in [0.15, 0.2) is 10.4 Å². The number of hydrogen-bond acceptors (Lipinski definition) is 3. The van der Waals surface area contributed by atoms with Crippen LogP contribution in [0.25, 0.3) is 11.2 Å². The predicted molar refractivity (Wildman–Crippen MR) is 64.0 cm³/mol. The molecule has 0 aliphatic heterocycles. The van der Waals surface area contributed by atoms with Crippen LogP contribution in [-0.4, -0.2) is 27.7 Å². The molecular weight excluding hydrogens is 222 g/mol. The first-order valence-corrected chi connectivity index (χ1v) is 5.78. The number of rotatable bonds is 2. The first-order valence-electron chi connectivity index (χ1n) is 5.37. The van der Waals surface area contributed by atoms with Crippen LogP contribution in [0.5, 0.6) is 0 Å². The van der Waals surface area contributed by atoms with Gasteiger partial charge in [-0.3, -0.25) is 4.57 Å². The Balaban J connectivity index is 2.04. The second kappa shape index (κ2) is 3.68. The van der Waals surface area contributed by atoms with Gasteiger partial charge in [-0.05, 0) is 37.2 Å². The van der Waals surface area contributed by atoms with E-state index in [-0.39, 0.29) is 0 Å². The molecule has 2 aromatic heterocycles. The molecule has 1 saturated carbocycles. The summed E-state index contributed by atoms with van der Waals surface area (Å²) in [5.74, 6) is 0. The van der Waals surface area contributed by atoms with Gasteiger partial charge in [-0.2, -0.15) is 0 Å². The monoisotopic (exact) mass is 235 g/mol. The zero-order valence-corrected chi connectivity index (χ0v) is 9.83. The average Bonchev–Trinajstić information content (AvgIpc) is 2.54. The molecule has 0 amide bonds. The minimum Gasteiger partial charge on any atom is -0.381 e. The highest BCUT2D eigenvalue weighted by Gasteiger charge is 2.32. The molecule has 1 aliphatic rings. The third-order valence-electron chi connectivity index (χ3n) is 3.24. The summed E-state index contributed by atoms with van der Waals surface area (Å²) < 4.78 is 8.16. The maximum Gasteiger partial charge on any atom is 0.179 e. The fourth-order valence-electron chi connectivity index (χ4n) is 2.24. The SMILES string of the molecule is COC1CC(n2c(=S)[nH]c3cccnc32)C1. The van der Waals surface area contributed by atoms with Gasteiger partial charge in [0.2, 0.25) is 0 Å². The summed E-state index contributed by atoms with van der Waals surface area (Å²) >= 11 is 5.33. The van der Waals surface area contributed by atoms with E-state index in [1.54, 1.807) is 13.3 Å². The van der Waals surface area contributed by atoms with Crippen molar-refractivity contribution < 1.29 is 4.74 Å². The van der Waals surface area contributed by atoms with Gasteiger partial charge < -0.3 is 9.72 Å². The van der Waals surface area contributed by atoms with Gasteiger partial charge >= 0.3 is 0 Å². The molecule has 3 rings (SSSR count). The molecule has 0 saturated heterocycles. The number of nitrogens with zero attached hydrogens (tertiary/aromatic N) is 2. The van der Waals surface area contributed by atoms with E-state index in [0.717, 1.165) is 28.8 Å². The Morgan fingerprint density at radius 2 is 2.38 bits per heavy atom. The lowest BCUT2D eigenvalue weighted by Crippen LogP contribution is -2.32. The van der Waals surface area contributed by atoms with Crippen molar-refractivity contribution >= 4 is 23.4 Å². The minimum absolute atomic E-state index is 0.376. The lowest BCUT2D eigenvalue weighted by Gasteiger charge is -2.34. The van der Waals surface area contributed by atoms with E-state index in [0.29, 0.717) is 12.1 Å². The minimum atomic E-state index is 0.376. The lowest BCUT2D eigenvalue weighted by atomic mass is 9.89. The predicted octanol–water partition coefficient (Wildman–Crippen LogP) is 2.44. The molecule has 84 valence electrons. The van der Waals surface area contributed by atoms with Gasteiger partial charge in [-0.1, -0.05) is 0 Å². The molecule has 4 nitrogen and oxygen atoms in total. The molecule has 0 atom stereocenters. The fraction of sp³-hybridized carbons (Fsp3) is 0.455. The zero-order valence-electron chi connectivity index (χ0n) is 9.01. The van der Waals surface area contributed by atoms with Gasteiger partial charge in [0.25, 0.3) is 0 Å². The van der Waals surface area contributed by atoms with Crippen LogP contribution in [0, 0.1) is 4.77 Å². The van der Waals surface area contributed by atoms with Crippen molar-refractivity contribution in [3.8, 4) is 0 Å². The van der Waals surface area contributed by atoms with Crippen molar-refractivity contribution in [2.24, 2.45) is 0 Å². The van der Waals surface area contributed by atoms with Crippen LogP contribution in [0.15, 0.2) is 18.3 Å². The molecule has 5 heteroatoms. The number of hydrogen-bond donors (Lipinski definition) is 1. The number of H-pyrrole nitrogens is 1. The second-order valence-electron chi connectivity index (χ2n) is 4.16. The molecule has 16 heavy (non-hydrogen) atoms. The molecule has 1 N–H and O–H groups in total. The summed E-state index contributed by atoms with van der Waals surface area (Å²) in [6.07, 6.45) is 4.22. The number of fused-ring (bicyclic) bond motifs is 1. The lowest BCUT2D eigenvalue weighted by molar-refractivity contribution is 0.00683. The second-order valence-corrected chi connectivity index (χ2v) is 4.54. The molecule has 0 unspecified atom stereocenters. The van der Waals surface area contributed by atoms with Crippen molar-refractivity contribution in [2.45, 2.75) is 25.0 Å². The van der Waals surface area contributed by atoms with E-state index in [2.05, 4.69) is 14.5 Å². The molecule has 0 aromatic carbocycles. The number of nitrogens with one attached hydrogen (secondary N) is 1. The normalized spacial score (nSPS) is 24.6. The topological polar surface area (TPSA) is 42.8 Å². The maximum absolute atomic E-state index is 5.33. The number of aromatic amines is 1. The first kappa shape index (κ1) is 9.99. The highest BCUT2D eigenvalue weighted by Crippen LogP contribution is 2.35. The summed E-state index contributed by atoms with van der Waals surface area (Å²) in [6, 6.07) is 4.35. The number of aromatic nitrogens is 3. The molecular formula is C11H13N3OS. The Hall–Kier alpha value is -1.20. The summed E-state index contributed by atoms with van der Waals surface area (Å²) in [5, 5.41) is 0. The van der Waals surface area contributed by atoms with Crippen LogP contribution < -0.4 is 0 Å². The van der Waals surface area contributed by atoms with Gasteiger partial charge in [-0.25, -0.2) is 4.98 Å².